The number of carbonyl (C=O) groups excluding carboxylic acids is 1. The predicted octanol–water partition coefficient (Wildman–Crippen LogP) is 6.13. The molecule has 170 valence electrons. The van der Waals surface area contributed by atoms with Crippen molar-refractivity contribution < 1.29 is 18.8 Å². The molecule has 0 N–H and O–H groups in total. The first kappa shape index (κ1) is 24.9. The zero-order chi connectivity index (χ0) is 22.5. The summed E-state index contributed by atoms with van der Waals surface area (Å²) >= 11 is 0. The van der Waals surface area contributed by atoms with E-state index in [-0.39, 0.29) is 5.97 Å². The van der Waals surface area contributed by atoms with Gasteiger partial charge in [0.25, 0.3) is 0 Å². The van der Waals surface area contributed by atoms with Gasteiger partial charge in [-0.2, -0.15) is 0 Å². The number of unbranched alkanes of at least 4 members (excludes halogenated alkanes) is 5. The summed E-state index contributed by atoms with van der Waals surface area (Å²) in [6.07, 6.45) is 8.19. The van der Waals surface area contributed by atoms with Gasteiger partial charge in [-0.15, -0.1) is 0 Å². The van der Waals surface area contributed by atoms with E-state index in [1.165, 1.54) is 49.7 Å². The number of aryl methyl sites for hydroxylation is 1. The van der Waals surface area contributed by atoms with Gasteiger partial charge in [0.2, 0.25) is 6.29 Å². The topological polar surface area (TPSA) is 35.5 Å². The third kappa shape index (κ3) is 10.5. The maximum absolute atomic E-state index is 12.4. The number of hydrogen-bond acceptors (Lipinski definition) is 3. The van der Waals surface area contributed by atoms with Crippen molar-refractivity contribution in [2.75, 3.05) is 20.6 Å². The number of nitrogens with zero attached hydrogens (tertiary/aromatic N) is 1. The fourth-order valence-electron chi connectivity index (χ4n) is 3.80. The molecular weight excluding hydrogens is 386 g/mol. The number of esters is 1. The van der Waals surface area contributed by atoms with Crippen molar-refractivity contribution in [3.8, 4) is 5.75 Å². The molecule has 4 heteroatoms. The molecule has 0 aliphatic carbocycles. The summed E-state index contributed by atoms with van der Waals surface area (Å²) in [6.45, 7) is 5.08. The third-order valence-electron chi connectivity index (χ3n) is 5.33. The van der Waals surface area contributed by atoms with E-state index in [2.05, 4.69) is 31.2 Å². The van der Waals surface area contributed by atoms with Gasteiger partial charge in [0.05, 0.1) is 14.1 Å². The smallest absolute Gasteiger partial charge is 0.364 e. The Morgan fingerprint density at radius 3 is 2.32 bits per heavy atom. The van der Waals surface area contributed by atoms with E-state index in [4.69, 9.17) is 9.47 Å². The largest absolute Gasteiger partial charge is 0.455 e. The van der Waals surface area contributed by atoms with Crippen LogP contribution in [0.5, 0.6) is 5.75 Å². The van der Waals surface area contributed by atoms with Crippen molar-refractivity contribution in [2.24, 2.45) is 0 Å². The number of carbonyl (C=O) groups is 1. The highest BCUT2D eigenvalue weighted by atomic mass is 16.7. The van der Waals surface area contributed by atoms with E-state index in [1.807, 2.05) is 44.4 Å². The minimum absolute atomic E-state index is 0.253. The Balaban J connectivity index is 1.75. The highest BCUT2D eigenvalue weighted by Gasteiger charge is 2.23. The van der Waals surface area contributed by atoms with Gasteiger partial charge in [0.1, 0.15) is 12.3 Å². The van der Waals surface area contributed by atoms with Crippen LogP contribution in [0.25, 0.3) is 0 Å². The first-order chi connectivity index (χ1) is 14.9. The maximum atomic E-state index is 12.4. The highest BCUT2D eigenvalue weighted by molar-refractivity contribution is 5.70. The molecule has 0 amide bonds. The molecule has 4 nitrogen and oxygen atoms in total. The molecule has 0 aliphatic rings. The van der Waals surface area contributed by atoms with Crippen molar-refractivity contribution in [3.63, 3.8) is 0 Å². The summed E-state index contributed by atoms with van der Waals surface area (Å²) in [6, 6.07) is 18.3. The molecule has 31 heavy (non-hydrogen) atoms. The number of quaternary nitrogens is 1. The molecule has 0 heterocycles. The molecular formula is C27H40NO3+. The first-order valence-electron chi connectivity index (χ1n) is 11.7. The molecule has 0 bridgehead atoms. The van der Waals surface area contributed by atoms with Crippen molar-refractivity contribution in [3.05, 3.63) is 65.7 Å². The lowest BCUT2D eigenvalue weighted by atomic mass is 10.0. The lowest BCUT2D eigenvalue weighted by Gasteiger charge is -2.29. The second kappa shape index (κ2) is 13.2. The zero-order valence-electron chi connectivity index (χ0n) is 19.8. The summed E-state index contributed by atoms with van der Waals surface area (Å²) in [5, 5.41) is 0. The normalized spacial score (nSPS) is 12.4. The van der Waals surface area contributed by atoms with Crippen LogP contribution in [0.15, 0.2) is 54.6 Å². The van der Waals surface area contributed by atoms with Gasteiger partial charge in [-0.05, 0) is 30.5 Å². The second-order valence-electron chi connectivity index (χ2n) is 9.08. The Bertz CT molecular complexity index is 773. The van der Waals surface area contributed by atoms with Gasteiger partial charge in [-0.25, -0.2) is 4.79 Å². The molecule has 0 aromatic heterocycles. The van der Waals surface area contributed by atoms with Crippen molar-refractivity contribution in [2.45, 2.75) is 71.6 Å². The maximum Gasteiger partial charge on any atom is 0.364 e. The number of likely N-dealkylation sites (N-methyl/N-ethyl adjacent to an activating group) is 1. The molecule has 0 fully saturated rings. The summed E-state index contributed by atoms with van der Waals surface area (Å²) in [4.78, 5) is 12.4. The number of hydrogen-bond donors (Lipinski definition) is 0. The van der Waals surface area contributed by atoms with Gasteiger partial charge in [0.15, 0.2) is 6.54 Å². The molecule has 0 saturated heterocycles. The van der Waals surface area contributed by atoms with Crippen molar-refractivity contribution in [1.29, 1.82) is 0 Å². The minimum Gasteiger partial charge on any atom is -0.455 e. The first-order valence-corrected chi connectivity index (χ1v) is 11.7. The fourth-order valence-corrected chi connectivity index (χ4v) is 3.80. The van der Waals surface area contributed by atoms with Crippen LogP contribution in [0, 0.1) is 0 Å². The van der Waals surface area contributed by atoms with E-state index in [0.29, 0.717) is 11.0 Å². The lowest BCUT2D eigenvalue weighted by Crippen LogP contribution is -2.44. The average Bonchev–Trinajstić information content (AvgIpc) is 2.70. The zero-order valence-corrected chi connectivity index (χ0v) is 19.8. The van der Waals surface area contributed by atoms with E-state index in [9.17, 15) is 4.79 Å². The van der Waals surface area contributed by atoms with Crippen LogP contribution < -0.4 is 4.74 Å². The fraction of sp³-hybridized carbons (Fsp3) is 0.519. The standard InChI is InChI=1S/C27H40NO3/c1-5-6-7-8-9-11-15-24-18-14-19-26(20-24)30-23(2)31-27(29)22-28(3,4)21-25-16-12-10-13-17-25/h10,12-14,16-20,23H,5-9,11,15,21-22H2,1-4H3/q+1. The van der Waals surface area contributed by atoms with Gasteiger partial charge < -0.3 is 14.0 Å². The Kier molecular flexibility index (Phi) is 10.6. The Morgan fingerprint density at radius 2 is 1.58 bits per heavy atom. The molecule has 1 unspecified atom stereocenters. The molecule has 2 aromatic carbocycles. The van der Waals surface area contributed by atoms with Gasteiger partial charge in [0, 0.05) is 12.5 Å². The van der Waals surface area contributed by atoms with E-state index in [0.717, 1.165) is 18.7 Å². The number of benzene rings is 2. The molecule has 1 atom stereocenters. The van der Waals surface area contributed by atoms with Gasteiger partial charge in [-0.1, -0.05) is 81.5 Å². The van der Waals surface area contributed by atoms with Gasteiger partial charge in [-0.3, -0.25) is 0 Å². The van der Waals surface area contributed by atoms with Crippen LogP contribution in [0.1, 0.15) is 63.5 Å². The number of rotatable bonds is 14. The number of ether oxygens (including phenoxy) is 2. The Morgan fingerprint density at radius 1 is 0.903 bits per heavy atom. The summed E-state index contributed by atoms with van der Waals surface area (Å²) in [5.41, 5.74) is 2.47. The third-order valence-corrected chi connectivity index (χ3v) is 5.33. The Hall–Kier alpha value is -2.33. The molecule has 2 rings (SSSR count). The molecule has 0 saturated carbocycles. The highest BCUT2D eigenvalue weighted by Crippen LogP contribution is 2.18. The van der Waals surface area contributed by atoms with Crippen LogP contribution in [0.4, 0.5) is 0 Å². The van der Waals surface area contributed by atoms with E-state index in [1.54, 1.807) is 6.92 Å². The summed E-state index contributed by atoms with van der Waals surface area (Å²) in [7, 11) is 4.07. The van der Waals surface area contributed by atoms with Crippen LogP contribution in [0.2, 0.25) is 0 Å². The summed E-state index contributed by atoms with van der Waals surface area (Å²) < 4.78 is 11.9. The van der Waals surface area contributed by atoms with Crippen LogP contribution in [0.3, 0.4) is 0 Å². The quantitative estimate of drug-likeness (QED) is 0.158. The second-order valence-corrected chi connectivity index (χ2v) is 9.08. The molecule has 0 radical (unpaired) electrons. The van der Waals surface area contributed by atoms with Crippen molar-refractivity contribution >= 4 is 5.97 Å². The monoisotopic (exact) mass is 426 g/mol. The summed E-state index contributed by atoms with van der Waals surface area (Å²) in [5.74, 6) is 0.499. The van der Waals surface area contributed by atoms with Crippen molar-refractivity contribution in [1.82, 2.24) is 0 Å². The van der Waals surface area contributed by atoms with Crippen LogP contribution in [-0.2, 0) is 22.5 Å². The average molecular weight is 427 g/mol. The molecule has 2 aromatic rings. The lowest BCUT2D eigenvalue weighted by molar-refractivity contribution is -0.896. The minimum atomic E-state index is -0.617. The molecule has 0 aliphatic heterocycles. The Labute approximate surface area is 188 Å². The predicted molar refractivity (Wildman–Crippen MR) is 127 cm³/mol. The van der Waals surface area contributed by atoms with Crippen LogP contribution in [-0.4, -0.2) is 37.4 Å². The SMILES string of the molecule is CCCCCCCCc1cccc(OC(C)OC(=O)C[N+](C)(C)Cc2ccccc2)c1. The van der Waals surface area contributed by atoms with E-state index >= 15 is 0 Å². The van der Waals surface area contributed by atoms with Crippen LogP contribution >= 0.6 is 0 Å². The van der Waals surface area contributed by atoms with E-state index < -0.39 is 6.29 Å². The molecule has 0 spiro atoms. The van der Waals surface area contributed by atoms with Gasteiger partial charge >= 0.3 is 5.97 Å².